The molecule has 0 atom stereocenters. The van der Waals surface area contributed by atoms with Gasteiger partial charge in [-0.25, -0.2) is 9.18 Å². The lowest BCUT2D eigenvalue weighted by Gasteiger charge is -2.10. The number of carboxylic acid groups (broad SMARTS) is 1. The molecule has 0 fully saturated rings. The van der Waals surface area contributed by atoms with E-state index in [0.717, 1.165) is 0 Å². The Morgan fingerprint density at radius 2 is 2.00 bits per heavy atom. The fourth-order valence-corrected chi connectivity index (χ4v) is 2.12. The van der Waals surface area contributed by atoms with E-state index < -0.39 is 11.8 Å². The van der Waals surface area contributed by atoms with E-state index in [1.807, 2.05) is 0 Å². The quantitative estimate of drug-likeness (QED) is 0.885. The fourth-order valence-electron chi connectivity index (χ4n) is 1.76. The summed E-state index contributed by atoms with van der Waals surface area (Å²) >= 11 is 3.26. The molecule has 0 aliphatic carbocycles. The Balaban J connectivity index is 2.18. The van der Waals surface area contributed by atoms with Crippen molar-refractivity contribution >= 4 is 21.9 Å². The molecule has 0 spiro atoms. The molecule has 2 rings (SSSR count). The van der Waals surface area contributed by atoms with Crippen LogP contribution in [0, 0.1) is 5.82 Å². The van der Waals surface area contributed by atoms with Crippen LogP contribution in [0.1, 0.15) is 15.9 Å². The summed E-state index contributed by atoms with van der Waals surface area (Å²) in [6.07, 6.45) is 0. The number of carbonyl (C=O) groups is 1. The lowest BCUT2D eigenvalue weighted by atomic mass is 10.1. The first-order valence-electron chi connectivity index (χ1n) is 5.99. The van der Waals surface area contributed by atoms with Crippen LogP contribution < -0.4 is 9.47 Å². The Kier molecular flexibility index (Phi) is 4.80. The van der Waals surface area contributed by atoms with Crippen molar-refractivity contribution in [3.63, 3.8) is 0 Å². The molecule has 0 unspecified atom stereocenters. The first-order chi connectivity index (χ1) is 10.0. The number of rotatable bonds is 5. The monoisotopic (exact) mass is 354 g/mol. The molecular formula is C15H12BrFO4. The maximum atomic E-state index is 13.1. The molecule has 0 aliphatic heterocycles. The highest BCUT2D eigenvalue weighted by Crippen LogP contribution is 2.27. The molecule has 1 N–H and O–H groups in total. The number of carboxylic acids is 1. The highest BCUT2D eigenvalue weighted by atomic mass is 79.9. The molecule has 4 nitrogen and oxygen atoms in total. The maximum Gasteiger partial charge on any atom is 0.339 e. The predicted molar refractivity (Wildman–Crippen MR) is 78.4 cm³/mol. The molecule has 21 heavy (non-hydrogen) atoms. The minimum Gasteiger partial charge on any atom is -0.496 e. The zero-order valence-electron chi connectivity index (χ0n) is 11.1. The first-order valence-corrected chi connectivity index (χ1v) is 6.78. The molecule has 6 heteroatoms. The Labute approximate surface area is 129 Å². The molecule has 2 aromatic carbocycles. The lowest BCUT2D eigenvalue weighted by molar-refractivity contribution is 0.0693. The molecule has 0 radical (unpaired) electrons. The largest absolute Gasteiger partial charge is 0.496 e. The van der Waals surface area contributed by atoms with Crippen molar-refractivity contribution in [2.75, 3.05) is 7.11 Å². The van der Waals surface area contributed by atoms with E-state index in [2.05, 4.69) is 15.9 Å². The van der Waals surface area contributed by atoms with Gasteiger partial charge in [-0.3, -0.25) is 0 Å². The Morgan fingerprint density at radius 1 is 1.24 bits per heavy atom. The van der Waals surface area contributed by atoms with Crippen molar-refractivity contribution in [1.82, 2.24) is 0 Å². The molecule has 0 saturated heterocycles. The van der Waals surface area contributed by atoms with Gasteiger partial charge in [0.1, 0.15) is 29.5 Å². The third-order valence-corrected chi connectivity index (χ3v) is 3.44. The van der Waals surface area contributed by atoms with Crippen molar-refractivity contribution in [1.29, 1.82) is 0 Å². The zero-order chi connectivity index (χ0) is 15.4. The predicted octanol–water partition coefficient (Wildman–Crippen LogP) is 3.87. The number of hydrogen-bond acceptors (Lipinski definition) is 3. The summed E-state index contributed by atoms with van der Waals surface area (Å²) in [6, 6.07) is 8.83. The van der Waals surface area contributed by atoms with E-state index in [1.54, 1.807) is 18.2 Å². The minimum absolute atomic E-state index is 0.0527. The Bertz CT molecular complexity index is 673. The molecule has 2 aromatic rings. The van der Waals surface area contributed by atoms with Gasteiger partial charge in [-0.1, -0.05) is 6.07 Å². The van der Waals surface area contributed by atoms with Gasteiger partial charge in [0.15, 0.2) is 0 Å². The number of halogens is 2. The van der Waals surface area contributed by atoms with Crippen molar-refractivity contribution in [3.05, 3.63) is 57.8 Å². The third-order valence-electron chi connectivity index (χ3n) is 2.78. The van der Waals surface area contributed by atoms with Crippen LogP contribution in [0.5, 0.6) is 11.5 Å². The average molecular weight is 355 g/mol. The van der Waals surface area contributed by atoms with Crippen molar-refractivity contribution in [3.8, 4) is 11.5 Å². The molecule has 110 valence electrons. The zero-order valence-corrected chi connectivity index (χ0v) is 12.7. The first kappa shape index (κ1) is 15.3. The Hall–Kier alpha value is -2.08. The van der Waals surface area contributed by atoms with Crippen LogP contribution in [0.25, 0.3) is 0 Å². The highest BCUT2D eigenvalue weighted by Gasteiger charge is 2.12. The third kappa shape index (κ3) is 3.72. The molecular weight excluding hydrogens is 343 g/mol. The van der Waals surface area contributed by atoms with E-state index in [4.69, 9.17) is 14.6 Å². The number of ether oxygens (including phenoxy) is 2. The smallest absolute Gasteiger partial charge is 0.339 e. The van der Waals surface area contributed by atoms with Gasteiger partial charge in [0.05, 0.1) is 11.6 Å². The van der Waals surface area contributed by atoms with Crippen molar-refractivity contribution in [2.45, 2.75) is 6.61 Å². The van der Waals surface area contributed by atoms with E-state index in [0.29, 0.717) is 15.8 Å². The van der Waals surface area contributed by atoms with Crippen LogP contribution in [0.3, 0.4) is 0 Å². The topological polar surface area (TPSA) is 55.8 Å². The second-order valence-electron chi connectivity index (χ2n) is 4.20. The van der Waals surface area contributed by atoms with Gasteiger partial charge >= 0.3 is 5.97 Å². The van der Waals surface area contributed by atoms with Gasteiger partial charge in [-0.05, 0) is 45.8 Å². The number of aromatic carboxylic acids is 1. The SMILES string of the molecule is COc1ccc(COc2cc(F)ccc2Br)cc1C(=O)O. The lowest BCUT2D eigenvalue weighted by Crippen LogP contribution is -2.03. The summed E-state index contributed by atoms with van der Waals surface area (Å²) in [5.41, 5.74) is 0.696. The summed E-state index contributed by atoms with van der Waals surface area (Å²) in [5, 5.41) is 9.11. The van der Waals surface area contributed by atoms with Crippen LogP contribution in [-0.4, -0.2) is 18.2 Å². The summed E-state index contributed by atoms with van der Waals surface area (Å²) in [5.74, 6) is -0.865. The second kappa shape index (κ2) is 6.58. The van der Waals surface area contributed by atoms with Gasteiger partial charge in [0.25, 0.3) is 0 Å². The summed E-state index contributed by atoms with van der Waals surface area (Å²) in [7, 11) is 1.40. The van der Waals surface area contributed by atoms with E-state index in [1.165, 1.54) is 25.3 Å². The van der Waals surface area contributed by atoms with Crippen LogP contribution >= 0.6 is 15.9 Å². The second-order valence-corrected chi connectivity index (χ2v) is 5.06. The fraction of sp³-hybridized carbons (Fsp3) is 0.133. The summed E-state index contributed by atoms with van der Waals surface area (Å²) in [6.45, 7) is 0.117. The minimum atomic E-state index is -1.08. The number of hydrogen-bond donors (Lipinski definition) is 1. The van der Waals surface area contributed by atoms with Gasteiger partial charge < -0.3 is 14.6 Å². The van der Waals surface area contributed by atoms with Gasteiger partial charge in [0, 0.05) is 6.07 Å². The molecule has 0 heterocycles. The molecule has 0 aromatic heterocycles. The average Bonchev–Trinajstić information content (AvgIpc) is 2.47. The Morgan fingerprint density at radius 3 is 2.67 bits per heavy atom. The number of benzene rings is 2. The van der Waals surface area contributed by atoms with Gasteiger partial charge in [-0.15, -0.1) is 0 Å². The summed E-state index contributed by atoms with van der Waals surface area (Å²) < 4.78 is 24.2. The van der Waals surface area contributed by atoms with Gasteiger partial charge in [0.2, 0.25) is 0 Å². The van der Waals surface area contributed by atoms with Crippen LogP contribution in [0.15, 0.2) is 40.9 Å². The summed E-state index contributed by atoms with van der Waals surface area (Å²) in [4.78, 5) is 11.1. The van der Waals surface area contributed by atoms with E-state index in [9.17, 15) is 9.18 Å². The van der Waals surface area contributed by atoms with Crippen LogP contribution in [0.2, 0.25) is 0 Å². The maximum absolute atomic E-state index is 13.1. The van der Waals surface area contributed by atoms with Crippen molar-refractivity contribution in [2.24, 2.45) is 0 Å². The molecule has 0 aliphatic rings. The number of methoxy groups -OCH3 is 1. The standard InChI is InChI=1S/C15H12BrFO4/c1-20-13-5-2-9(6-11(13)15(18)19)8-21-14-7-10(17)3-4-12(14)16/h2-7H,8H2,1H3,(H,18,19). The van der Waals surface area contributed by atoms with Gasteiger partial charge in [-0.2, -0.15) is 0 Å². The van der Waals surface area contributed by atoms with Crippen LogP contribution in [-0.2, 0) is 6.61 Å². The van der Waals surface area contributed by atoms with E-state index >= 15 is 0 Å². The van der Waals surface area contributed by atoms with Crippen LogP contribution in [0.4, 0.5) is 4.39 Å². The van der Waals surface area contributed by atoms with E-state index in [-0.39, 0.29) is 17.9 Å². The molecule has 0 saturated carbocycles. The molecule has 0 bridgehead atoms. The van der Waals surface area contributed by atoms with Crippen molar-refractivity contribution < 1.29 is 23.8 Å². The highest BCUT2D eigenvalue weighted by molar-refractivity contribution is 9.10. The normalized spacial score (nSPS) is 10.2. The molecule has 0 amide bonds.